The molecule has 1 aliphatic heterocycles. The highest BCUT2D eigenvalue weighted by molar-refractivity contribution is 6.51. The van der Waals surface area contributed by atoms with E-state index in [1.165, 1.54) is 4.90 Å². The summed E-state index contributed by atoms with van der Waals surface area (Å²) in [4.78, 5) is 32.3. The van der Waals surface area contributed by atoms with Gasteiger partial charge in [0.05, 0.1) is 18.2 Å². The fourth-order valence-corrected chi connectivity index (χ4v) is 4.35. The lowest BCUT2D eigenvalue weighted by atomic mass is 9.85. The molecule has 35 heavy (non-hydrogen) atoms. The van der Waals surface area contributed by atoms with E-state index in [-0.39, 0.29) is 16.7 Å². The predicted molar refractivity (Wildman–Crippen MR) is 137 cm³/mol. The molecule has 3 aromatic rings. The number of aliphatic hydroxyl groups excluding tert-OH is 1. The largest absolute Gasteiger partial charge is 0.507 e. The summed E-state index contributed by atoms with van der Waals surface area (Å²) in [6.45, 7) is 10.6. The highest BCUT2D eigenvalue weighted by Crippen LogP contribution is 2.42. The number of benzene rings is 2. The van der Waals surface area contributed by atoms with Crippen LogP contribution in [0.25, 0.3) is 5.76 Å². The van der Waals surface area contributed by atoms with Crippen LogP contribution in [-0.2, 0) is 15.0 Å². The number of aliphatic hydroxyl groups is 1. The van der Waals surface area contributed by atoms with Crippen molar-refractivity contribution in [2.24, 2.45) is 0 Å². The third-order valence-electron chi connectivity index (χ3n) is 6.20. The summed E-state index contributed by atoms with van der Waals surface area (Å²) in [6, 6.07) is 17.4. The van der Waals surface area contributed by atoms with Crippen LogP contribution >= 0.6 is 0 Å². The standard InChI is InChI=1S/C29H30N2O4/c1-6-35-21-14-15-22(18(2)17-21)26(32)24-25(19-10-12-20(13-11-19)29(3,4)5)31(28(34)27(24)33)23-9-7-8-16-30-23/h7-17,25,32H,6H2,1-5H3/t25-/m0/s1. The number of rotatable bonds is 5. The SMILES string of the molecule is CCOc1ccc(C(O)=C2C(=O)C(=O)N(c3ccccn3)[C@H]2c2ccc(C(C)(C)C)cc2)c(C)c1. The zero-order valence-corrected chi connectivity index (χ0v) is 20.7. The van der Waals surface area contributed by atoms with Gasteiger partial charge in [0.25, 0.3) is 5.78 Å². The van der Waals surface area contributed by atoms with Crippen molar-refractivity contribution in [1.82, 2.24) is 4.98 Å². The molecule has 1 atom stereocenters. The molecule has 0 unspecified atom stereocenters. The van der Waals surface area contributed by atoms with Gasteiger partial charge in [-0.1, -0.05) is 51.1 Å². The first-order valence-electron chi connectivity index (χ1n) is 11.7. The molecule has 0 radical (unpaired) electrons. The molecular formula is C29H30N2O4. The first kappa shape index (κ1) is 24.2. The van der Waals surface area contributed by atoms with Gasteiger partial charge in [0.1, 0.15) is 17.3 Å². The topological polar surface area (TPSA) is 79.7 Å². The number of anilines is 1. The van der Waals surface area contributed by atoms with Gasteiger partial charge in [-0.25, -0.2) is 4.98 Å². The number of ether oxygens (including phenoxy) is 1. The first-order chi connectivity index (χ1) is 16.6. The van der Waals surface area contributed by atoms with Crippen molar-refractivity contribution in [3.8, 4) is 5.75 Å². The molecule has 180 valence electrons. The minimum absolute atomic E-state index is 0.0384. The molecule has 1 aromatic heterocycles. The molecule has 0 saturated carbocycles. The van der Waals surface area contributed by atoms with Crippen LogP contribution in [0.1, 0.15) is 56.0 Å². The van der Waals surface area contributed by atoms with Gasteiger partial charge in [0.2, 0.25) is 0 Å². The van der Waals surface area contributed by atoms with Crippen LogP contribution in [0.2, 0.25) is 0 Å². The minimum Gasteiger partial charge on any atom is -0.507 e. The Kier molecular flexibility index (Phi) is 6.48. The van der Waals surface area contributed by atoms with Crippen LogP contribution in [0.4, 0.5) is 5.82 Å². The van der Waals surface area contributed by atoms with E-state index in [0.29, 0.717) is 29.3 Å². The quantitative estimate of drug-likeness (QED) is 0.293. The summed E-state index contributed by atoms with van der Waals surface area (Å²) in [7, 11) is 0. The monoisotopic (exact) mass is 470 g/mol. The Hall–Kier alpha value is -3.93. The Morgan fingerprint density at radius 2 is 1.77 bits per heavy atom. The fraction of sp³-hybridized carbons (Fsp3) is 0.276. The number of hydrogen-bond donors (Lipinski definition) is 1. The predicted octanol–water partition coefficient (Wildman–Crippen LogP) is 5.71. The smallest absolute Gasteiger partial charge is 0.301 e. The average Bonchev–Trinajstić information content (AvgIpc) is 3.09. The summed E-state index contributed by atoms with van der Waals surface area (Å²) >= 11 is 0. The summed E-state index contributed by atoms with van der Waals surface area (Å²) in [5.74, 6) is -0.663. The molecule has 1 amide bonds. The lowest BCUT2D eigenvalue weighted by molar-refractivity contribution is -0.132. The maximum Gasteiger partial charge on any atom is 0.301 e. The Bertz CT molecular complexity index is 1290. The van der Waals surface area contributed by atoms with Crippen LogP contribution in [0.3, 0.4) is 0 Å². The molecule has 1 fully saturated rings. The molecule has 6 heteroatoms. The highest BCUT2D eigenvalue weighted by atomic mass is 16.5. The second kappa shape index (κ2) is 9.37. The Morgan fingerprint density at radius 3 is 2.34 bits per heavy atom. The van der Waals surface area contributed by atoms with E-state index in [1.807, 2.05) is 38.1 Å². The van der Waals surface area contributed by atoms with E-state index in [9.17, 15) is 14.7 Å². The number of hydrogen-bond acceptors (Lipinski definition) is 5. The average molecular weight is 471 g/mol. The molecule has 4 rings (SSSR count). The number of pyridine rings is 1. The molecule has 1 N–H and O–H groups in total. The third kappa shape index (κ3) is 4.56. The lowest BCUT2D eigenvalue weighted by Crippen LogP contribution is -2.30. The minimum atomic E-state index is -0.815. The molecule has 2 aromatic carbocycles. The van der Waals surface area contributed by atoms with Crippen LogP contribution < -0.4 is 9.64 Å². The number of aromatic nitrogens is 1. The zero-order chi connectivity index (χ0) is 25.3. The maximum absolute atomic E-state index is 13.3. The van der Waals surface area contributed by atoms with Crippen LogP contribution in [0, 0.1) is 6.92 Å². The summed E-state index contributed by atoms with van der Waals surface area (Å²) in [5.41, 5.74) is 3.03. The number of nitrogens with zero attached hydrogens (tertiary/aromatic N) is 2. The van der Waals surface area contributed by atoms with E-state index in [4.69, 9.17) is 4.74 Å². The van der Waals surface area contributed by atoms with Crippen molar-refractivity contribution in [1.29, 1.82) is 0 Å². The van der Waals surface area contributed by atoms with E-state index in [1.54, 1.807) is 42.6 Å². The zero-order valence-electron chi connectivity index (χ0n) is 20.7. The molecule has 0 spiro atoms. The van der Waals surface area contributed by atoms with Gasteiger partial charge in [-0.05, 0) is 66.3 Å². The summed E-state index contributed by atoms with van der Waals surface area (Å²) < 4.78 is 5.55. The van der Waals surface area contributed by atoms with Crippen molar-refractivity contribution in [3.63, 3.8) is 0 Å². The fourth-order valence-electron chi connectivity index (χ4n) is 4.35. The number of carbonyl (C=O) groups excluding carboxylic acids is 2. The second-order valence-electron chi connectivity index (χ2n) is 9.64. The van der Waals surface area contributed by atoms with Gasteiger partial charge < -0.3 is 9.84 Å². The molecule has 2 heterocycles. The number of ketones is 1. The Balaban J connectivity index is 1.91. The van der Waals surface area contributed by atoms with Gasteiger partial charge in [-0.2, -0.15) is 0 Å². The summed E-state index contributed by atoms with van der Waals surface area (Å²) in [5, 5.41) is 11.4. The van der Waals surface area contributed by atoms with Crippen molar-refractivity contribution < 1.29 is 19.4 Å². The normalized spacial score (nSPS) is 17.6. The second-order valence-corrected chi connectivity index (χ2v) is 9.64. The Labute approximate surface area is 205 Å². The van der Waals surface area contributed by atoms with Crippen molar-refractivity contribution >= 4 is 23.3 Å². The van der Waals surface area contributed by atoms with E-state index in [0.717, 1.165) is 11.1 Å². The highest BCUT2D eigenvalue weighted by Gasteiger charge is 2.47. The molecular weight excluding hydrogens is 440 g/mol. The number of Topliss-reactive ketones (excluding diaryl/α,β-unsaturated/α-hetero) is 1. The number of aryl methyl sites for hydroxylation is 1. The lowest BCUT2D eigenvalue weighted by Gasteiger charge is -2.26. The molecule has 6 nitrogen and oxygen atoms in total. The number of carbonyl (C=O) groups is 2. The van der Waals surface area contributed by atoms with Crippen LogP contribution in [0.5, 0.6) is 5.75 Å². The third-order valence-corrected chi connectivity index (χ3v) is 6.20. The van der Waals surface area contributed by atoms with Gasteiger partial charge >= 0.3 is 5.91 Å². The van der Waals surface area contributed by atoms with E-state index >= 15 is 0 Å². The molecule has 1 aliphatic rings. The van der Waals surface area contributed by atoms with E-state index < -0.39 is 17.7 Å². The van der Waals surface area contributed by atoms with Crippen LogP contribution in [-0.4, -0.2) is 28.4 Å². The maximum atomic E-state index is 13.3. The van der Waals surface area contributed by atoms with E-state index in [2.05, 4.69) is 25.8 Å². The molecule has 0 aliphatic carbocycles. The van der Waals surface area contributed by atoms with Gasteiger partial charge in [-0.15, -0.1) is 0 Å². The Morgan fingerprint density at radius 1 is 1.06 bits per heavy atom. The molecule has 0 bridgehead atoms. The van der Waals surface area contributed by atoms with Gasteiger partial charge in [-0.3, -0.25) is 14.5 Å². The van der Waals surface area contributed by atoms with Gasteiger partial charge in [0.15, 0.2) is 0 Å². The number of amides is 1. The van der Waals surface area contributed by atoms with Crippen molar-refractivity contribution in [2.75, 3.05) is 11.5 Å². The molecule has 1 saturated heterocycles. The first-order valence-corrected chi connectivity index (χ1v) is 11.7. The van der Waals surface area contributed by atoms with Crippen molar-refractivity contribution in [2.45, 2.75) is 46.1 Å². The van der Waals surface area contributed by atoms with Crippen LogP contribution in [0.15, 0.2) is 72.4 Å². The summed E-state index contributed by atoms with van der Waals surface area (Å²) in [6.07, 6.45) is 1.57. The van der Waals surface area contributed by atoms with Gasteiger partial charge in [0, 0.05) is 11.8 Å². The van der Waals surface area contributed by atoms with Crippen molar-refractivity contribution in [3.05, 3.63) is 94.7 Å².